The van der Waals surface area contributed by atoms with Crippen LogP contribution < -0.4 is 9.03 Å². The minimum absolute atomic E-state index is 0.144. The Bertz CT molecular complexity index is 1200. The second-order valence-electron chi connectivity index (χ2n) is 7.88. The number of nitrogens with one attached hydrogen (secondary N) is 1. The van der Waals surface area contributed by atoms with Crippen molar-refractivity contribution < 1.29 is 31.5 Å². The minimum atomic E-state index is -4.29. The summed E-state index contributed by atoms with van der Waals surface area (Å²) >= 11 is 0. The molecule has 1 amide bonds. The van der Waals surface area contributed by atoms with E-state index in [-0.39, 0.29) is 12.1 Å². The van der Waals surface area contributed by atoms with E-state index in [4.69, 9.17) is 0 Å². The van der Waals surface area contributed by atoms with Gasteiger partial charge < -0.3 is 5.11 Å². The number of fused-ring (bicyclic) bond motifs is 1. The van der Waals surface area contributed by atoms with Gasteiger partial charge in [0.15, 0.2) is 5.82 Å². The third-order valence-corrected chi connectivity index (χ3v) is 7.28. The summed E-state index contributed by atoms with van der Waals surface area (Å²) in [6.07, 6.45) is 0.851. The van der Waals surface area contributed by atoms with Crippen LogP contribution in [-0.4, -0.2) is 53.7 Å². The fourth-order valence-electron chi connectivity index (χ4n) is 4.28. The average molecular weight is 473 g/mol. The molecule has 0 atom stereocenters. The first-order chi connectivity index (χ1) is 15.0. The molecule has 1 aromatic heterocycles. The Kier molecular flexibility index (Phi) is 5.57. The smallest absolute Gasteiger partial charge is 0.333 e. The molecule has 4 rings (SSSR count). The Morgan fingerprint density at radius 2 is 2.00 bits per heavy atom. The van der Waals surface area contributed by atoms with E-state index < -0.39 is 46.5 Å². The van der Waals surface area contributed by atoms with Gasteiger partial charge in [0.05, 0.1) is 5.69 Å². The number of alkyl halides is 2. The number of amides is 1. The molecule has 0 saturated carbocycles. The molecular formula is C19H22F3N5O4S. The lowest BCUT2D eigenvalue weighted by Gasteiger charge is -2.30. The van der Waals surface area contributed by atoms with Crippen LogP contribution in [0.1, 0.15) is 34.6 Å². The molecule has 32 heavy (non-hydrogen) atoms. The molecule has 2 aromatic rings. The number of aryl methyl sites for hydroxylation is 1. The van der Waals surface area contributed by atoms with Gasteiger partial charge in [0.1, 0.15) is 18.0 Å². The first-order valence-electron chi connectivity index (χ1n) is 9.91. The van der Waals surface area contributed by atoms with E-state index in [9.17, 15) is 27.1 Å². The van der Waals surface area contributed by atoms with Crippen molar-refractivity contribution in [3.05, 3.63) is 40.0 Å². The van der Waals surface area contributed by atoms with Crippen molar-refractivity contribution in [3.8, 4) is 5.75 Å². The lowest BCUT2D eigenvalue weighted by molar-refractivity contribution is -0.117. The predicted octanol–water partition coefficient (Wildman–Crippen LogP) is 1.52. The van der Waals surface area contributed by atoms with Gasteiger partial charge in [-0.05, 0) is 43.9 Å². The summed E-state index contributed by atoms with van der Waals surface area (Å²) < 4.78 is 68.7. The molecule has 2 N–H and O–H groups in total. The summed E-state index contributed by atoms with van der Waals surface area (Å²) in [5.41, 5.74) is 1.81. The van der Waals surface area contributed by atoms with Crippen LogP contribution in [0.15, 0.2) is 6.07 Å². The maximum atomic E-state index is 15.4. The number of aromatic hydroxyl groups is 1. The van der Waals surface area contributed by atoms with Gasteiger partial charge in [0, 0.05) is 30.9 Å². The highest BCUT2D eigenvalue weighted by Crippen LogP contribution is 2.39. The number of nitrogens with zero attached hydrogens (tertiary/aromatic N) is 4. The quantitative estimate of drug-likeness (QED) is 0.682. The van der Waals surface area contributed by atoms with Crippen LogP contribution in [0, 0.1) is 19.7 Å². The first kappa shape index (κ1) is 22.4. The molecule has 1 saturated heterocycles. The topological polar surface area (TPSA) is 108 Å². The molecule has 0 aliphatic carbocycles. The van der Waals surface area contributed by atoms with Gasteiger partial charge in [-0.2, -0.15) is 22.3 Å². The van der Waals surface area contributed by atoms with E-state index in [1.165, 1.54) is 6.07 Å². The zero-order valence-electron chi connectivity index (χ0n) is 17.4. The molecule has 0 spiro atoms. The zero-order valence-corrected chi connectivity index (χ0v) is 18.2. The van der Waals surface area contributed by atoms with Crippen molar-refractivity contribution in [2.24, 2.45) is 0 Å². The van der Waals surface area contributed by atoms with E-state index >= 15 is 4.39 Å². The third-order valence-electron chi connectivity index (χ3n) is 5.90. The van der Waals surface area contributed by atoms with Crippen LogP contribution in [0.3, 0.4) is 0 Å². The van der Waals surface area contributed by atoms with Gasteiger partial charge >= 0.3 is 16.8 Å². The van der Waals surface area contributed by atoms with Crippen molar-refractivity contribution in [2.45, 2.75) is 39.8 Å². The van der Waals surface area contributed by atoms with Crippen LogP contribution in [0.5, 0.6) is 5.75 Å². The van der Waals surface area contributed by atoms with E-state index in [0.29, 0.717) is 57.4 Å². The number of carbonyl (C=O) groups is 1. The Morgan fingerprint density at radius 3 is 2.59 bits per heavy atom. The molecular weight excluding hydrogens is 451 g/mol. The molecule has 2 aliphatic rings. The lowest BCUT2D eigenvalue weighted by Crippen LogP contribution is -2.34. The Balaban J connectivity index is 1.57. The molecule has 0 bridgehead atoms. The minimum Gasteiger partial charge on any atom is -0.506 e. The molecule has 174 valence electrons. The summed E-state index contributed by atoms with van der Waals surface area (Å²) in [6.45, 7) is 1.03. The number of phenolic OH excluding ortho intramolecular Hbond substituents is 1. The van der Waals surface area contributed by atoms with Crippen LogP contribution in [-0.2, 0) is 34.4 Å². The monoisotopic (exact) mass is 473 g/mol. The molecule has 0 radical (unpaired) electrons. The number of hydrogen-bond donors (Lipinski definition) is 2. The van der Waals surface area contributed by atoms with Crippen molar-refractivity contribution in [1.29, 1.82) is 0 Å². The van der Waals surface area contributed by atoms with Crippen molar-refractivity contribution in [3.63, 3.8) is 0 Å². The summed E-state index contributed by atoms with van der Waals surface area (Å²) in [7, 11) is -4.29. The third kappa shape index (κ3) is 3.79. The van der Waals surface area contributed by atoms with Crippen LogP contribution in [0.25, 0.3) is 0 Å². The number of hydrogen-bond acceptors (Lipinski definition) is 6. The molecule has 9 nitrogen and oxygen atoms in total. The van der Waals surface area contributed by atoms with Crippen molar-refractivity contribution in [1.82, 2.24) is 19.4 Å². The summed E-state index contributed by atoms with van der Waals surface area (Å²) in [5.74, 6) is -2.28. The van der Waals surface area contributed by atoms with Crippen molar-refractivity contribution in [2.75, 3.05) is 23.9 Å². The molecule has 1 aromatic carbocycles. The Labute approximate surface area is 182 Å². The summed E-state index contributed by atoms with van der Waals surface area (Å²) in [5, 5.41) is 14.2. The fraction of sp³-hybridized carbons (Fsp3) is 0.474. The zero-order chi connectivity index (χ0) is 23.4. The Hall–Kier alpha value is -2.80. The average Bonchev–Trinajstić information content (AvgIpc) is 3.14. The number of anilines is 1. The second-order valence-corrected chi connectivity index (χ2v) is 9.48. The number of phenols is 1. The van der Waals surface area contributed by atoms with Gasteiger partial charge in [0.25, 0.3) is 5.91 Å². The summed E-state index contributed by atoms with van der Waals surface area (Å²) in [4.78, 5) is 13.4. The summed E-state index contributed by atoms with van der Waals surface area (Å²) in [6, 6.07) is 1.32. The van der Waals surface area contributed by atoms with Gasteiger partial charge in [-0.3, -0.25) is 9.69 Å². The van der Waals surface area contributed by atoms with Gasteiger partial charge in [-0.1, -0.05) is 0 Å². The highest BCUT2D eigenvalue weighted by atomic mass is 32.2. The second kappa shape index (κ2) is 7.96. The van der Waals surface area contributed by atoms with E-state index in [1.54, 1.807) is 18.6 Å². The highest BCUT2D eigenvalue weighted by molar-refractivity contribution is 7.92. The van der Waals surface area contributed by atoms with Crippen LogP contribution in [0.2, 0.25) is 0 Å². The fourth-order valence-corrected chi connectivity index (χ4v) is 5.45. The maximum Gasteiger partial charge on any atom is 0.333 e. The number of halogens is 3. The van der Waals surface area contributed by atoms with Gasteiger partial charge in [0.2, 0.25) is 0 Å². The largest absolute Gasteiger partial charge is 0.506 e. The normalized spacial score (nSPS) is 18.3. The predicted molar refractivity (Wildman–Crippen MR) is 108 cm³/mol. The molecule has 0 unspecified atom stereocenters. The van der Waals surface area contributed by atoms with E-state index in [0.717, 1.165) is 0 Å². The van der Waals surface area contributed by atoms with E-state index in [2.05, 4.69) is 5.10 Å². The number of rotatable bonds is 5. The molecule has 3 heterocycles. The number of benzene rings is 1. The lowest BCUT2D eigenvalue weighted by atomic mass is 9.97. The molecule has 1 fully saturated rings. The molecule has 2 aliphatic heterocycles. The highest BCUT2D eigenvalue weighted by Gasteiger charge is 2.39. The molecule has 13 heteroatoms. The van der Waals surface area contributed by atoms with Crippen molar-refractivity contribution >= 4 is 21.8 Å². The number of aromatic nitrogens is 2. The van der Waals surface area contributed by atoms with Gasteiger partial charge in [-0.25, -0.2) is 18.1 Å². The van der Waals surface area contributed by atoms with Crippen LogP contribution >= 0.6 is 0 Å². The van der Waals surface area contributed by atoms with E-state index in [1.807, 2.05) is 4.90 Å². The number of carbonyl (C=O) groups excluding carboxylic acids is 1. The maximum absolute atomic E-state index is 15.4. The first-order valence-corrected chi connectivity index (χ1v) is 11.3. The standard InChI is InChI=1S/C19H22F3N5O4S/c1-10-13(11(2)27(23-10)19(21)22)4-6-25-5-3-12-7-15(28)18(17(20)14(12)8-25)26-9-16(29)24-32(26,30)31/h7,19,28H,3-6,8-9H2,1-2H3,(H,24,29). The Morgan fingerprint density at radius 1 is 1.28 bits per heavy atom. The van der Waals surface area contributed by atoms with Gasteiger partial charge in [-0.15, -0.1) is 0 Å². The van der Waals surface area contributed by atoms with Crippen LogP contribution in [0.4, 0.5) is 18.9 Å². The SMILES string of the molecule is Cc1nn(C(F)F)c(C)c1CCN1CCc2cc(O)c(N3CC(=O)NS3(=O)=O)c(F)c2C1.